The van der Waals surface area contributed by atoms with E-state index in [0.717, 1.165) is 18.4 Å². The number of rotatable bonds is 8. The molecular weight excluding hydrogens is 232 g/mol. The second-order valence-corrected chi connectivity index (χ2v) is 4.25. The lowest BCUT2D eigenvalue weighted by molar-refractivity contribution is -0.384. The van der Waals surface area contributed by atoms with Crippen LogP contribution in [0, 0.1) is 10.1 Å². The minimum Gasteiger partial charge on any atom is -0.383 e. The van der Waals surface area contributed by atoms with Crippen molar-refractivity contribution < 1.29 is 9.66 Å². The summed E-state index contributed by atoms with van der Waals surface area (Å²) in [7, 11) is 1.68. The van der Waals surface area contributed by atoms with E-state index in [1.807, 2.05) is 6.07 Å². The van der Waals surface area contributed by atoms with Gasteiger partial charge in [0.05, 0.1) is 11.5 Å². The molecule has 1 unspecified atom stereocenters. The van der Waals surface area contributed by atoms with E-state index in [1.54, 1.807) is 19.2 Å². The third kappa shape index (κ3) is 4.81. The molecule has 18 heavy (non-hydrogen) atoms. The molecule has 1 atom stereocenters. The molecule has 1 aromatic carbocycles. The van der Waals surface area contributed by atoms with Crippen LogP contribution in [0.4, 0.5) is 5.69 Å². The first-order chi connectivity index (χ1) is 8.67. The quantitative estimate of drug-likeness (QED) is 0.570. The van der Waals surface area contributed by atoms with Gasteiger partial charge in [-0.1, -0.05) is 25.5 Å². The molecule has 0 aliphatic heterocycles. The molecular formula is C13H20N2O3. The summed E-state index contributed by atoms with van der Waals surface area (Å²) in [6.45, 7) is 3.40. The van der Waals surface area contributed by atoms with E-state index in [2.05, 4.69) is 12.2 Å². The average molecular weight is 252 g/mol. The number of nitro benzene ring substituents is 1. The standard InChI is InChI=1S/C13H20N2O3/c1-3-5-12(10-18-2)14-9-11-6-4-7-13(8-11)15(16)17/h4,6-8,12,14H,3,5,9-10H2,1-2H3. The molecule has 0 fully saturated rings. The lowest BCUT2D eigenvalue weighted by Gasteiger charge is -2.17. The van der Waals surface area contributed by atoms with Gasteiger partial charge in [-0.15, -0.1) is 0 Å². The van der Waals surface area contributed by atoms with Crippen molar-refractivity contribution >= 4 is 5.69 Å². The Bertz CT molecular complexity index is 376. The lowest BCUT2D eigenvalue weighted by Crippen LogP contribution is -2.32. The summed E-state index contributed by atoms with van der Waals surface area (Å²) in [5, 5.41) is 14.0. The number of nitrogens with zero attached hydrogens (tertiary/aromatic N) is 1. The topological polar surface area (TPSA) is 64.4 Å². The Labute approximate surface area is 107 Å². The summed E-state index contributed by atoms with van der Waals surface area (Å²) in [5.41, 5.74) is 1.05. The van der Waals surface area contributed by atoms with Crippen molar-refractivity contribution in [3.8, 4) is 0 Å². The van der Waals surface area contributed by atoms with Crippen LogP contribution in [-0.4, -0.2) is 24.7 Å². The van der Waals surface area contributed by atoms with Crippen molar-refractivity contribution in [1.29, 1.82) is 0 Å². The first-order valence-corrected chi connectivity index (χ1v) is 6.13. The van der Waals surface area contributed by atoms with Gasteiger partial charge < -0.3 is 10.1 Å². The molecule has 5 heteroatoms. The zero-order valence-corrected chi connectivity index (χ0v) is 10.9. The predicted octanol–water partition coefficient (Wildman–Crippen LogP) is 2.50. The van der Waals surface area contributed by atoms with E-state index in [4.69, 9.17) is 4.74 Å². The highest BCUT2D eigenvalue weighted by Gasteiger charge is 2.09. The normalized spacial score (nSPS) is 12.3. The number of methoxy groups -OCH3 is 1. The van der Waals surface area contributed by atoms with E-state index < -0.39 is 0 Å². The Morgan fingerprint density at radius 1 is 1.50 bits per heavy atom. The maximum Gasteiger partial charge on any atom is 0.269 e. The summed E-state index contributed by atoms with van der Waals surface area (Å²) < 4.78 is 5.14. The Hall–Kier alpha value is -1.46. The zero-order valence-electron chi connectivity index (χ0n) is 10.9. The smallest absolute Gasteiger partial charge is 0.269 e. The minimum absolute atomic E-state index is 0.132. The number of hydrogen-bond acceptors (Lipinski definition) is 4. The molecule has 0 radical (unpaired) electrons. The highest BCUT2D eigenvalue weighted by atomic mass is 16.6. The molecule has 0 saturated heterocycles. The Kier molecular flexibility index (Phi) is 6.32. The second-order valence-electron chi connectivity index (χ2n) is 4.25. The van der Waals surface area contributed by atoms with Crippen LogP contribution < -0.4 is 5.32 Å². The molecule has 0 spiro atoms. The highest BCUT2D eigenvalue weighted by molar-refractivity contribution is 5.34. The molecule has 0 amide bonds. The zero-order chi connectivity index (χ0) is 13.4. The van der Waals surface area contributed by atoms with Gasteiger partial charge in [0.2, 0.25) is 0 Å². The molecule has 1 aromatic rings. The van der Waals surface area contributed by atoms with Gasteiger partial charge in [0.25, 0.3) is 5.69 Å². The summed E-state index contributed by atoms with van der Waals surface area (Å²) in [4.78, 5) is 10.3. The highest BCUT2D eigenvalue weighted by Crippen LogP contribution is 2.13. The van der Waals surface area contributed by atoms with E-state index in [-0.39, 0.29) is 10.6 Å². The second kappa shape index (κ2) is 7.79. The molecule has 0 aromatic heterocycles. The van der Waals surface area contributed by atoms with Gasteiger partial charge in [-0.3, -0.25) is 10.1 Å². The fourth-order valence-electron chi connectivity index (χ4n) is 1.84. The molecule has 0 bridgehead atoms. The van der Waals surface area contributed by atoms with Crippen LogP contribution in [0.25, 0.3) is 0 Å². The first-order valence-electron chi connectivity index (χ1n) is 6.13. The fourth-order valence-corrected chi connectivity index (χ4v) is 1.84. The largest absolute Gasteiger partial charge is 0.383 e. The average Bonchev–Trinajstić information content (AvgIpc) is 2.37. The summed E-state index contributed by atoms with van der Waals surface area (Å²) >= 11 is 0. The predicted molar refractivity (Wildman–Crippen MR) is 70.5 cm³/mol. The summed E-state index contributed by atoms with van der Waals surface area (Å²) in [6, 6.07) is 6.99. The third-order valence-electron chi connectivity index (χ3n) is 2.72. The van der Waals surface area contributed by atoms with Crippen molar-refractivity contribution in [2.45, 2.75) is 32.4 Å². The van der Waals surface area contributed by atoms with Crippen LogP contribution in [0.3, 0.4) is 0 Å². The van der Waals surface area contributed by atoms with Crippen molar-refractivity contribution in [2.75, 3.05) is 13.7 Å². The minimum atomic E-state index is -0.373. The van der Waals surface area contributed by atoms with Gasteiger partial charge in [0.15, 0.2) is 0 Å². The van der Waals surface area contributed by atoms with Gasteiger partial charge in [-0.25, -0.2) is 0 Å². The molecule has 5 nitrogen and oxygen atoms in total. The van der Waals surface area contributed by atoms with Crippen LogP contribution in [0.2, 0.25) is 0 Å². The number of non-ortho nitro benzene ring substituents is 1. The van der Waals surface area contributed by atoms with Gasteiger partial charge in [-0.2, -0.15) is 0 Å². The van der Waals surface area contributed by atoms with Crippen LogP contribution in [0.1, 0.15) is 25.3 Å². The summed E-state index contributed by atoms with van der Waals surface area (Å²) in [5.74, 6) is 0. The fraction of sp³-hybridized carbons (Fsp3) is 0.538. The lowest BCUT2D eigenvalue weighted by atomic mass is 10.1. The maximum absolute atomic E-state index is 10.7. The van der Waals surface area contributed by atoms with Gasteiger partial charge in [0, 0.05) is 31.8 Å². The monoisotopic (exact) mass is 252 g/mol. The Morgan fingerprint density at radius 3 is 2.89 bits per heavy atom. The molecule has 0 saturated carbocycles. The van der Waals surface area contributed by atoms with Crippen molar-refractivity contribution in [2.24, 2.45) is 0 Å². The molecule has 0 aliphatic rings. The number of nitrogens with one attached hydrogen (secondary N) is 1. The molecule has 1 rings (SSSR count). The van der Waals surface area contributed by atoms with Crippen LogP contribution in [0.15, 0.2) is 24.3 Å². The molecule has 0 aliphatic carbocycles. The van der Waals surface area contributed by atoms with E-state index in [1.165, 1.54) is 6.07 Å². The van der Waals surface area contributed by atoms with Crippen molar-refractivity contribution in [1.82, 2.24) is 5.32 Å². The third-order valence-corrected chi connectivity index (χ3v) is 2.72. The SMILES string of the molecule is CCCC(COC)NCc1cccc([N+](=O)[O-])c1. The van der Waals surface area contributed by atoms with Gasteiger partial charge in [0.1, 0.15) is 0 Å². The van der Waals surface area contributed by atoms with Crippen LogP contribution >= 0.6 is 0 Å². The molecule has 0 heterocycles. The van der Waals surface area contributed by atoms with Crippen LogP contribution in [0.5, 0.6) is 0 Å². The number of ether oxygens (including phenoxy) is 1. The van der Waals surface area contributed by atoms with E-state index in [9.17, 15) is 10.1 Å². The van der Waals surface area contributed by atoms with Crippen molar-refractivity contribution in [3.05, 3.63) is 39.9 Å². The maximum atomic E-state index is 10.7. The number of nitro groups is 1. The summed E-state index contributed by atoms with van der Waals surface area (Å²) in [6.07, 6.45) is 2.11. The van der Waals surface area contributed by atoms with Crippen LogP contribution in [-0.2, 0) is 11.3 Å². The molecule has 100 valence electrons. The molecule has 1 N–H and O–H groups in total. The van der Waals surface area contributed by atoms with Crippen molar-refractivity contribution in [3.63, 3.8) is 0 Å². The van der Waals surface area contributed by atoms with E-state index >= 15 is 0 Å². The Morgan fingerprint density at radius 2 is 2.28 bits per heavy atom. The van der Waals surface area contributed by atoms with E-state index in [0.29, 0.717) is 19.2 Å². The first kappa shape index (κ1) is 14.6. The number of benzene rings is 1. The Balaban J connectivity index is 2.55. The number of hydrogen-bond donors (Lipinski definition) is 1. The van der Waals surface area contributed by atoms with Gasteiger partial charge >= 0.3 is 0 Å². The van der Waals surface area contributed by atoms with Gasteiger partial charge in [-0.05, 0) is 12.0 Å².